The second-order valence-corrected chi connectivity index (χ2v) is 9.73. The zero-order chi connectivity index (χ0) is 18.1. The maximum absolute atomic E-state index is 12.5. The largest absolute Gasteiger partial charge is 0.389 e. The number of hydrogen-bond donors (Lipinski definition) is 1. The molecule has 4 aliphatic carbocycles. The number of fused-ring (bicyclic) bond motifs is 5. The molecule has 4 nitrogen and oxygen atoms in total. The van der Waals surface area contributed by atoms with Crippen LogP contribution < -0.4 is 0 Å². The third-order valence-electron chi connectivity index (χ3n) is 9.31. The van der Waals surface area contributed by atoms with Crippen molar-refractivity contribution in [3.8, 4) is 0 Å². The van der Waals surface area contributed by atoms with Gasteiger partial charge in [-0.05, 0) is 68.6 Å². The van der Waals surface area contributed by atoms with Crippen molar-refractivity contribution in [3.05, 3.63) is 0 Å². The van der Waals surface area contributed by atoms with E-state index in [9.17, 15) is 9.90 Å². The van der Waals surface area contributed by atoms with Gasteiger partial charge in [0.25, 0.3) is 0 Å². The summed E-state index contributed by atoms with van der Waals surface area (Å²) in [6, 6.07) is 0. The van der Waals surface area contributed by atoms with Gasteiger partial charge in [-0.3, -0.25) is 4.79 Å². The van der Waals surface area contributed by atoms with E-state index in [4.69, 9.17) is 9.47 Å². The van der Waals surface area contributed by atoms with Crippen LogP contribution in [0.1, 0.15) is 71.6 Å². The average Bonchev–Trinajstić information content (AvgIpc) is 2.86. The number of hydrogen-bond acceptors (Lipinski definition) is 4. The summed E-state index contributed by atoms with van der Waals surface area (Å²) in [6.45, 7) is 4.47. The van der Waals surface area contributed by atoms with Crippen LogP contribution in [0.3, 0.4) is 0 Å². The number of rotatable bonds is 2. The van der Waals surface area contributed by atoms with Crippen molar-refractivity contribution in [2.24, 2.45) is 28.6 Å². The lowest BCUT2D eigenvalue weighted by atomic mass is 9.43. The van der Waals surface area contributed by atoms with Crippen LogP contribution >= 0.6 is 0 Å². The molecule has 4 unspecified atom stereocenters. The first-order valence-corrected chi connectivity index (χ1v) is 10.1. The van der Waals surface area contributed by atoms with Crippen molar-refractivity contribution in [3.63, 3.8) is 0 Å². The topological polar surface area (TPSA) is 55.8 Å². The standard InChI is InChI=1S/C21H34O4/c1-18-11-12-20(24-3,25-4)13-14(18)5-6-16-15(18)7-9-19(2)17(22)8-10-21(16,19)23/h14-16,23H,5-13H2,1-4H3/t14-,15?,16?,18?,19?,21+/m0/s1. The predicted octanol–water partition coefficient (Wildman–Crippen LogP) is 3.70. The highest BCUT2D eigenvalue weighted by atomic mass is 16.7. The van der Waals surface area contributed by atoms with E-state index in [1.807, 2.05) is 6.92 Å². The third-order valence-corrected chi connectivity index (χ3v) is 9.31. The van der Waals surface area contributed by atoms with E-state index >= 15 is 0 Å². The smallest absolute Gasteiger partial charge is 0.167 e. The van der Waals surface area contributed by atoms with Gasteiger partial charge in [-0.1, -0.05) is 6.92 Å². The predicted molar refractivity (Wildman–Crippen MR) is 94.9 cm³/mol. The fourth-order valence-corrected chi connectivity index (χ4v) is 7.38. The Labute approximate surface area is 151 Å². The molecule has 4 aliphatic rings. The fourth-order valence-electron chi connectivity index (χ4n) is 7.38. The van der Waals surface area contributed by atoms with E-state index < -0.39 is 16.8 Å². The van der Waals surface area contributed by atoms with Crippen molar-refractivity contribution in [2.45, 2.75) is 83.0 Å². The highest BCUT2D eigenvalue weighted by Crippen LogP contribution is 2.67. The van der Waals surface area contributed by atoms with Gasteiger partial charge in [0.05, 0.1) is 11.0 Å². The van der Waals surface area contributed by atoms with Crippen molar-refractivity contribution < 1.29 is 19.4 Å². The van der Waals surface area contributed by atoms with Crippen LogP contribution in [0.2, 0.25) is 0 Å². The fraction of sp³-hybridized carbons (Fsp3) is 0.952. The van der Waals surface area contributed by atoms with E-state index in [-0.39, 0.29) is 11.3 Å². The lowest BCUT2D eigenvalue weighted by molar-refractivity contribution is -0.269. The highest BCUT2D eigenvalue weighted by molar-refractivity contribution is 5.88. The molecule has 0 aliphatic heterocycles. The summed E-state index contributed by atoms with van der Waals surface area (Å²) in [5, 5.41) is 11.7. The van der Waals surface area contributed by atoms with Crippen molar-refractivity contribution >= 4 is 5.78 Å². The quantitative estimate of drug-likeness (QED) is 0.772. The van der Waals surface area contributed by atoms with Gasteiger partial charge < -0.3 is 14.6 Å². The SMILES string of the molecule is COC1(OC)CCC2(C)C3CCC4(C)C(=O)CC[C@@]4(O)C3CC[C@H]2C1. The molecule has 4 rings (SSSR count). The number of aliphatic hydroxyl groups is 1. The molecular weight excluding hydrogens is 316 g/mol. The molecular formula is C21H34O4. The van der Waals surface area contributed by atoms with E-state index in [0.717, 1.165) is 44.9 Å². The number of ether oxygens (including phenoxy) is 2. The van der Waals surface area contributed by atoms with Crippen LogP contribution in [0.15, 0.2) is 0 Å². The summed E-state index contributed by atoms with van der Waals surface area (Å²) < 4.78 is 11.5. The van der Waals surface area contributed by atoms with Gasteiger partial charge in [-0.25, -0.2) is 0 Å². The number of carbonyl (C=O) groups excluding carboxylic acids is 1. The van der Waals surface area contributed by atoms with Crippen LogP contribution in [0.4, 0.5) is 0 Å². The van der Waals surface area contributed by atoms with Crippen molar-refractivity contribution in [2.75, 3.05) is 14.2 Å². The Morgan fingerprint density at radius 3 is 2.36 bits per heavy atom. The summed E-state index contributed by atoms with van der Waals surface area (Å²) in [7, 11) is 3.52. The van der Waals surface area contributed by atoms with Crippen LogP contribution in [0, 0.1) is 28.6 Å². The molecule has 0 spiro atoms. The number of Topliss-reactive ketones (excluding diaryl/α,β-unsaturated/α-hetero) is 1. The van der Waals surface area contributed by atoms with E-state index in [0.29, 0.717) is 30.5 Å². The molecule has 0 radical (unpaired) electrons. The minimum atomic E-state index is -0.780. The Hall–Kier alpha value is -0.450. The van der Waals surface area contributed by atoms with Gasteiger partial charge in [-0.2, -0.15) is 0 Å². The summed E-state index contributed by atoms with van der Waals surface area (Å²) >= 11 is 0. The van der Waals surface area contributed by atoms with Gasteiger partial charge in [0.1, 0.15) is 5.78 Å². The van der Waals surface area contributed by atoms with E-state index in [2.05, 4.69) is 6.92 Å². The zero-order valence-electron chi connectivity index (χ0n) is 16.3. The molecule has 25 heavy (non-hydrogen) atoms. The molecule has 0 amide bonds. The first-order valence-electron chi connectivity index (χ1n) is 10.1. The first kappa shape index (κ1) is 17.9. The van der Waals surface area contributed by atoms with Crippen molar-refractivity contribution in [1.82, 2.24) is 0 Å². The molecule has 0 aromatic carbocycles. The van der Waals surface area contributed by atoms with Gasteiger partial charge in [-0.15, -0.1) is 0 Å². The summed E-state index contributed by atoms with van der Waals surface area (Å²) in [5.74, 6) is 1.23. The van der Waals surface area contributed by atoms with Crippen LogP contribution in [0.5, 0.6) is 0 Å². The summed E-state index contributed by atoms with van der Waals surface area (Å²) in [4.78, 5) is 12.5. The lowest BCUT2D eigenvalue weighted by Crippen LogP contribution is -2.63. The van der Waals surface area contributed by atoms with Gasteiger partial charge in [0, 0.05) is 33.5 Å². The van der Waals surface area contributed by atoms with Crippen LogP contribution in [0.25, 0.3) is 0 Å². The Bertz CT molecular complexity index is 570. The van der Waals surface area contributed by atoms with Crippen LogP contribution in [-0.4, -0.2) is 36.5 Å². The van der Waals surface area contributed by atoms with Gasteiger partial charge in [0.2, 0.25) is 0 Å². The monoisotopic (exact) mass is 350 g/mol. The van der Waals surface area contributed by atoms with E-state index in [1.165, 1.54) is 0 Å². The molecule has 4 fully saturated rings. The number of methoxy groups -OCH3 is 2. The first-order chi connectivity index (χ1) is 11.7. The second kappa shape index (κ2) is 5.53. The Kier molecular flexibility index (Phi) is 3.97. The molecule has 6 atom stereocenters. The molecule has 0 aromatic heterocycles. The van der Waals surface area contributed by atoms with Gasteiger partial charge >= 0.3 is 0 Å². The van der Waals surface area contributed by atoms with Crippen molar-refractivity contribution in [1.29, 1.82) is 0 Å². The highest BCUT2D eigenvalue weighted by Gasteiger charge is 2.68. The Morgan fingerprint density at radius 1 is 0.960 bits per heavy atom. The number of carbonyl (C=O) groups is 1. The van der Waals surface area contributed by atoms with Crippen LogP contribution in [-0.2, 0) is 14.3 Å². The molecule has 1 N–H and O–H groups in total. The molecule has 0 saturated heterocycles. The average molecular weight is 350 g/mol. The normalized spacial score (nSPS) is 51.6. The summed E-state index contributed by atoms with van der Waals surface area (Å²) in [5.41, 5.74) is -1.06. The minimum Gasteiger partial charge on any atom is -0.389 e. The molecule has 0 aromatic rings. The molecule has 4 heteroatoms. The Balaban J connectivity index is 1.65. The zero-order valence-corrected chi connectivity index (χ0v) is 16.3. The van der Waals surface area contributed by atoms with E-state index in [1.54, 1.807) is 14.2 Å². The molecule has 0 heterocycles. The number of ketones is 1. The maximum Gasteiger partial charge on any atom is 0.167 e. The molecule has 4 saturated carbocycles. The maximum atomic E-state index is 12.5. The third kappa shape index (κ3) is 2.14. The minimum absolute atomic E-state index is 0.228. The lowest BCUT2D eigenvalue weighted by Gasteiger charge is -2.63. The molecule has 0 bridgehead atoms. The Morgan fingerprint density at radius 2 is 1.68 bits per heavy atom. The van der Waals surface area contributed by atoms with Gasteiger partial charge in [0.15, 0.2) is 5.79 Å². The molecule has 142 valence electrons. The summed E-state index contributed by atoms with van der Waals surface area (Å²) in [6.07, 6.45) is 8.27. The second-order valence-electron chi connectivity index (χ2n) is 9.73.